The maximum atomic E-state index is 12.3. The van der Waals surface area contributed by atoms with Gasteiger partial charge in [-0.25, -0.2) is 4.68 Å². The molecule has 2 aromatic carbocycles. The van der Waals surface area contributed by atoms with Gasteiger partial charge in [-0.3, -0.25) is 9.59 Å². The smallest absolute Gasteiger partial charge is 0.266 e. The molecular formula is C22H23N3O3. The SMILES string of the molecule is COc1ccc(C)cc1NC(=O)CCCn1nc(-c2ccccc2)ccc1=O. The lowest BCUT2D eigenvalue weighted by Crippen LogP contribution is -2.23. The number of nitrogens with zero attached hydrogens (tertiary/aromatic N) is 2. The number of amides is 1. The van der Waals surface area contributed by atoms with E-state index in [0.717, 1.165) is 16.8 Å². The third-order valence-electron chi connectivity index (χ3n) is 4.34. The molecule has 0 atom stereocenters. The van der Waals surface area contributed by atoms with E-state index >= 15 is 0 Å². The minimum Gasteiger partial charge on any atom is -0.495 e. The zero-order valence-corrected chi connectivity index (χ0v) is 16.0. The van der Waals surface area contributed by atoms with Crippen molar-refractivity contribution in [3.05, 3.63) is 76.6 Å². The van der Waals surface area contributed by atoms with Gasteiger partial charge < -0.3 is 10.1 Å². The van der Waals surface area contributed by atoms with E-state index in [1.165, 1.54) is 10.7 Å². The van der Waals surface area contributed by atoms with Gasteiger partial charge in [-0.1, -0.05) is 36.4 Å². The number of methoxy groups -OCH3 is 1. The maximum absolute atomic E-state index is 12.3. The lowest BCUT2D eigenvalue weighted by Gasteiger charge is -2.11. The third kappa shape index (κ3) is 4.85. The fourth-order valence-corrected chi connectivity index (χ4v) is 2.89. The van der Waals surface area contributed by atoms with Crippen molar-refractivity contribution >= 4 is 11.6 Å². The highest BCUT2D eigenvalue weighted by molar-refractivity contribution is 5.92. The topological polar surface area (TPSA) is 73.2 Å². The van der Waals surface area contributed by atoms with E-state index in [4.69, 9.17) is 4.74 Å². The third-order valence-corrected chi connectivity index (χ3v) is 4.34. The standard InChI is InChI=1S/C22H23N3O3/c1-16-10-12-20(28-2)19(15-16)23-21(26)9-6-14-25-22(27)13-11-18(24-25)17-7-4-3-5-8-17/h3-5,7-8,10-13,15H,6,9,14H2,1-2H3,(H,23,26). The minimum absolute atomic E-state index is 0.129. The summed E-state index contributed by atoms with van der Waals surface area (Å²) in [4.78, 5) is 24.4. The Morgan fingerprint density at radius 1 is 1.11 bits per heavy atom. The molecule has 1 N–H and O–H groups in total. The summed E-state index contributed by atoms with van der Waals surface area (Å²) in [5, 5.41) is 7.28. The molecule has 1 aromatic heterocycles. The van der Waals surface area contributed by atoms with Crippen LogP contribution >= 0.6 is 0 Å². The van der Waals surface area contributed by atoms with Crippen molar-refractivity contribution in [3.8, 4) is 17.0 Å². The van der Waals surface area contributed by atoms with Gasteiger partial charge in [-0.05, 0) is 37.1 Å². The number of rotatable bonds is 7. The molecule has 1 heterocycles. The molecule has 0 aliphatic rings. The summed E-state index contributed by atoms with van der Waals surface area (Å²) in [5.41, 5.74) is 3.17. The molecule has 1 amide bonds. The van der Waals surface area contributed by atoms with Crippen molar-refractivity contribution in [2.75, 3.05) is 12.4 Å². The summed E-state index contributed by atoms with van der Waals surface area (Å²) in [7, 11) is 1.57. The molecule has 0 saturated heterocycles. The van der Waals surface area contributed by atoms with Crippen molar-refractivity contribution in [1.29, 1.82) is 0 Å². The molecule has 6 heteroatoms. The van der Waals surface area contributed by atoms with Crippen molar-refractivity contribution in [2.45, 2.75) is 26.3 Å². The first-order valence-corrected chi connectivity index (χ1v) is 9.15. The number of carbonyl (C=O) groups is 1. The molecule has 6 nitrogen and oxygen atoms in total. The highest BCUT2D eigenvalue weighted by Gasteiger charge is 2.09. The van der Waals surface area contributed by atoms with E-state index in [2.05, 4.69) is 10.4 Å². The fraction of sp³-hybridized carbons (Fsp3) is 0.227. The molecule has 0 spiro atoms. The molecule has 0 bridgehead atoms. The zero-order valence-electron chi connectivity index (χ0n) is 16.0. The first-order valence-electron chi connectivity index (χ1n) is 9.15. The van der Waals surface area contributed by atoms with Gasteiger partial charge in [0.05, 0.1) is 18.5 Å². The average molecular weight is 377 g/mol. The van der Waals surface area contributed by atoms with Crippen LogP contribution in [0.3, 0.4) is 0 Å². The number of anilines is 1. The number of nitrogens with one attached hydrogen (secondary N) is 1. The van der Waals surface area contributed by atoms with E-state index in [9.17, 15) is 9.59 Å². The monoisotopic (exact) mass is 377 g/mol. The van der Waals surface area contributed by atoms with Crippen LogP contribution in [0.25, 0.3) is 11.3 Å². The Hall–Kier alpha value is -3.41. The van der Waals surface area contributed by atoms with Gasteiger partial charge in [0.2, 0.25) is 5.91 Å². The summed E-state index contributed by atoms with van der Waals surface area (Å²) >= 11 is 0. The predicted molar refractivity (Wildman–Crippen MR) is 110 cm³/mol. The van der Waals surface area contributed by atoms with Crippen molar-refractivity contribution in [1.82, 2.24) is 9.78 Å². The van der Waals surface area contributed by atoms with Gasteiger partial charge in [0.1, 0.15) is 5.75 Å². The molecule has 0 unspecified atom stereocenters. The van der Waals surface area contributed by atoms with Gasteiger partial charge in [0, 0.05) is 24.6 Å². The molecule has 144 valence electrons. The van der Waals surface area contributed by atoms with Crippen LogP contribution in [0.4, 0.5) is 5.69 Å². The number of carbonyl (C=O) groups excluding carboxylic acids is 1. The van der Waals surface area contributed by atoms with E-state index in [-0.39, 0.29) is 17.9 Å². The van der Waals surface area contributed by atoms with Crippen molar-refractivity contribution in [3.63, 3.8) is 0 Å². The van der Waals surface area contributed by atoms with Crippen molar-refractivity contribution < 1.29 is 9.53 Å². The Balaban J connectivity index is 1.61. The molecule has 3 aromatic rings. The summed E-state index contributed by atoms with van der Waals surface area (Å²) in [5.74, 6) is 0.489. The normalized spacial score (nSPS) is 10.5. The largest absolute Gasteiger partial charge is 0.495 e. The average Bonchev–Trinajstić information content (AvgIpc) is 2.70. The molecular weight excluding hydrogens is 354 g/mol. The number of hydrogen-bond acceptors (Lipinski definition) is 4. The highest BCUT2D eigenvalue weighted by atomic mass is 16.5. The molecule has 0 radical (unpaired) electrons. The Labute approximate surface area is 163 Å². The molecule has 0 saturated carbocycles. The lowest BCUT2D eigenvalue weighted by molar-refractivity contribution is -0.116. The number of aryl methyl sites for hydroxylation is 2. The lowest BCUT2D eigenvalue weighted by atomic mass is 10.1. The Bertz CT molecular complexity index is 1010. The molecule has 28 heavy (non-hydrogen) atoms. The summed E-state index contributed by atoms with van der Waals surface area (Å²) < 4.78 is 6.68. The maximum Gasteiger partial charge on any atom is 0.266 e. The van der Waals surface area contributed by atoms with E-state index in [0.29, 0.717) is 24.4 Å². The predicted octanol–water partition coefficient (Wildman–Crippen LogP) is 3.65. The number of benzene rings is 2. The van der Waals surface area contributed by atoms with Crippen LogP contribution < -0.4 is 15.6 Å². The second-order valence-corrected chi connectivity index (χ2v) is 6.50. The number of aromatic nitrogens is 2. The van der Waals surface area contributed by atoms with Crippen LogP contribution in [0.15, 0.2) is 65.5 Å². The van der Waals surface area contributed by atoms with Gasteiger partial charge in [0.25, 0.3) is 5.56 Å². The summed E-state index contributed by atoms with van der Waals surface area (Å²) in [6.07, 6.45) is 0.784. The molecule has 3 rings (SSSR count). The van der Waals surface area contributed by atoms with Gasteiger partial charge in [0.15, 0.2) is 0 Å². The Morgan fingerprint density at radius 3 is 2.64 bits per heavy atom. The zero-order chi connectivity index (χ0) is 19.9. The molecule has 0 fully saturated rings. The van der Waals surface area contributed by atoms with Crippen LogP contribution in [0.5, 0.6) is 5.75 Å². The van der Waals surface area contributed by atoms with Gasteiger partial charge in [-0.15, -0.1) is 0 Å². The Kier molecular flexibility index (Phi) is 6.22. The summed E-state index contributed by atoms with van der Waals surface area (Å²) in [6.45, 7) is 2.32. The minimum atomic E-state index is -0.180. The van der Waals surface area contributed by atoms with Gasteiger partial charge >= 0.3 is 0 Å². The summed E-state index contributed by atoms with van der Waals surface area (Å²) in [6, 6.07) is 18.5. The first kappa shape index (κ1) is 19.4. The van der Waals surface area contributed by atoms with E-state index in [1.807, 2.05) is 55.5 Å². The van der Waals surface area contributed by atoms with Crippen LogP contribution in [-0.4, -0.2) is 22.8 Å². The van der Waals surface area contributed by atoms with E-state index < -0.39 is 0 Å². The number of ether oxygens (including phenoxy) is 1. The Morgan fingerprint density at radius 2 is 1.89 bits per heavy atom. The highest BCUT2D eigenvalue weighted by Crippen LogP contribution is 2.25. The quantitative estimate of drug-likeness (QED) is 0.682. The van der Waals surface area contributed by atoms with Gasteiger partial charge in [-0.2, -0.15) is 5.10 Å². The van der Waals surface area contributed by atoms with Crippen LogP contribution in [-0.2, 0) is 11.3 Å². The van der Waals surface area contributed by atoms with Crippen LogP contribution in [0, 0.1) is 6.92 Å². The number of hydrogen-bond donors (Lipinski definition) is 1. The van der Waals surface area contributed by atoms with Crippen molar-refractivity contribution in [2.24, 2.45) is 0 Å². The van der Waals surface area contributed by atoms with Crippen LogP contribution in [0.1, 0.15) is 18.4 Å². The van der Waals surface area contributed by atoms with Crippen LogP contribution in [0.2, 0.25) is 0 Å². The first-order chi connectivity index (χ1) is 13.6. The molecule has 0 aliphatic carbocycles. The molecule has 0 aliphatic heterocycles. The second-order valence-electron chi connectivity index (χ2n) is 6.50. The second kappa shape index (κ2) is 8.99. The fourth-order valence-electron chi connectivity index (χ4n) is 2.89. The van der Waals surface area contributed by atoms with E-state index in [1.54, 1.807) is 13.2 Å².